The van der Waals surface area contributed by atoms with E-state index in [0.29, 0.717) is 71.1 Å². The normalized spacial score (nSPS) is 22.4. The van der Waals surface area contributed by atoms with E-state index in [9.17, 15) is 43.1 Å². The molecule has 10 rings (SSSR count). The largest absolute Gasteiger partial charge is 0.524 e. The molecule has 7 amide bonds. The van der Waals surface area contributed by atoms with Crippen LogP contribution in [0.2, 0.25) is 0 Å². The molecule has 3 fully saturated rings. The van der Waals surface area contributed by atoms with Gasteiger partial charge in [0, 0.05) is 129 Å². The summed E-state index contributed by atoms with van der Waals surface area (Å²) in [5.74, 6) is -1.72. The summed E-state index contributed by atoms with van der Waals surface area (Å²) in [4.78, 5) is 126. The Labute approximate surface area is 488 Å². The Hall–Kier alpha value is -6.88. The number of H-pyrrole nitrogens is 2. The monoisotopic (exact) mass is 1200 g/mol. The van der Waals surface area contributed by atoms with Crippen molar-refractivity contribution in [3.63, 3.8) is 0 Å². The van der Waals surface area contributed by atoms with Crippen LogP contribution < -0.4 is 41.2 Å². The van der Waals surface area contributed by atoms with E-state index in [1.54, 1.807) is 52.5 Å². The highest BCUT2D eigenvalue weighted by molar-refractivity contribution is 7.46. The molecule has 5 aromatic rings. The fourth-order valence-corrected chi connectivity index (χ4v) is 14.2. The van der Waals surface area contributed by atoms with E-state index in [1.165, 1.54) is 30.0 Å². The van der Waals surface area contributed by atoms with Gasteiger partial charge < -0.3 is 65.7 Å². The number of hydrogen-bond donors (Lipinski definition) is 8. The molecule has 5 aliphatic rings. The fourth-order valence-electron chi connectivity index (χ4n) is 13.3. The predicted octanol–water partition coefficient (Wildman–Crippen LogP) is 7.59. The lowest BCUT2D eigenvalue weighted by atomic mass is 9.72. The number of alkyl halides is 2. The molecule has 1 spiro atoms. The Balaban J connectivity index is 0.760. The molecule has 3 aromatic carbocycles. The maximum Gasteiger partial charge on any atom is 0.524 e. The quantitative estimate of drug-likeness (QED) is 0.0188. The number of carbonyl (C=O) groups excluding carboxylic acids is 7. The summed E-state index contributed by atoms with van der Waals surface area (Å²) >= 11 is 13.2. The first-order chi connectivity index (χ1) is 39.3. The van der Waals surface area contributed by atoms with Gasteiger partial charge in [0.05, 0.1) is 39.3 Å². The summed E-state index contributed by atoms with van der Waals surface area (Å²) in [7, 11) is -1.92. The molecule has 4 heterocycles. The average Bonchev–Trinajstić information content (AvgIpc) is 1.41. The summed E-state index contributed by atoms with van der Waals surface area (Å²) < 4.78 is 28.9. The fraction of sp³-hybridized carbons (Fsp3) is 0.491. The Morgan fingerprint density at radius 2 is 1.35 bits per heavy atom. The molecular weight excluding hydrogens is 1130 g/mol. The van der Waals surface area contributed by atoms with Crippen molar-refractivity contribution < 1.29 is 61.9 Å². The number of hydrogen-bond acceptors (Lipinski definition) is 12. The van der Waals surface area contributed by atoms with Gasteiger partial charge in [0.25, 0.3) is 0 Å². The Bertz CT molecular complexity index is 3530. The van der Waals surface area contributed by atoms with Crippen LogP contribution in [0.4, 0.5) is 31.4 Å². The number of primary amides is 1. The van der Waals surface area contributed by atoms with Gasteiger partial charge in [-0.1, -0.05) is 26.0 Å². The molecule has 0 bridgehead atoms. The summed E-state index contributed by atoms with van der Waals surface area (Å²) in [6, 6.07) is 8.44. The maximum absolute atomic E-state index is 15.1. The summed E-state index contributed by atoms with van der Waals surface area (Å²) in [5, 5.41) is 6.80. The second-order valence-electron chi connectivity index (χ2n) is 23.5. The number of halogens is 2. The molecule has 3 saturated carbocycles. The number of anilines is 3. The number of rotatable bonds is 22. The van der Waals surface area contributed by atoms with Crippen LogP contribution in [-0.4, -0.2) is 136 Å². The van der Waals surface area contributed by atoms with Gasteiger partial charge in [-0.15, -0.1) is 23.2 Å². The van der Waals surface area contributed by atoms with E-state index in [-0.39, 0.29) is 110 Å². The lowest BCUT2D eigenvalue weighted by Gasteiger charge is -2.37. The third kappa shape index (κ3) is 10.5. The van der Waals surface area contributed by atoms with Gasteiger partial charge in [0.1, 0.15) is 6.61 Å². The molecule has 2 aliphatic heterocycles. The van der Waals surface area contributed by atoms with Gasteiger partial charge in [-0.3, -0.25) is 29.0 Å². The number of nitrogens with two attached hydrogens (primary N) is 2. The molecule has 444 valence electrons. The number of benzene rings is 3. The molecule has 3 aliphatic carbocycles. The maximum atomic E-state index is 15.1. The molecule has 23 nitrogen and oxygen atoms in total. The van der Waals surface area contributed by atoms with E-state index < -0.39 is 54.2 Å². The lowest BCUT2D eigenvalue weighted by molar-refractivity contribution is -0.134. The molecule has 0 saturated heterocycles. The zero-order chi connectivity index (χ0) is 59.8. The van der Waals surface area contributed by atoms with Gasteiger partial charge in [-0.05, 0) is 91.8 Å². The van der Waals surface area contributed by atoms with Crippen LogP contribution >= 0.6 is 31.0 Å². The third-order valence-corrected chi connectivity index (χ3v) is 19.1. The highest BCUT2D eigenvalue weighted by Gasteiger charge is 3.01. The standard InChI is InChI=1S/C57H69Cl2N10O13P/c1-29(2)46(60)39(70)16-33(8-7-13-62-52(61)74)49(71)65-36-11-9-32(10-12-36)25-80-53(75)66(5)14-15-67(6)54(76)81-40-17-37-44(42-30(3)21-63-47(40)42)34(19-58)23-68(37)50(72)55-26-56(28-57(55,56)27-55)51(73)69-24-35(20-59)45-38(69)18-41(82-83(77,78)79)48-43(45)31(4)22-64-48/h9-12,17-18,21-22,29,33-35,46,63-64H,7-8,13-16,19-20,23-28,60H2,1-6H3,(H,65,71)(H3,61,62,74)(H2,77,78,79)/t33-,34-,35-,46+,55?,56?,57?/m1/s1. The second kappa shape index (κ2) is 22.3. The number of nitrogens with zero attached hydrogens (tertiary/aromatic N) is 4. The molecule has 2 aromatic heterocycles. The van der Waals surface area contributed by atoms with Gasteiger partial charge in [0.2, 0.25) is 17.7 Å². The molecule has 26 heteroatoms. The first-order valence-corrected chi connectivity index (χ1v) is 30.2. The first-order valence-electron chi connectivity index (χ1n) is 27.6. The molecular formula is C57H69Cl2N10O13P. The van der Waals surface area contributed by atoms with Crippen molar-refractivity contribution >= 4 is 112 Å². The van der Waals surface area contributed by atoms with E-state index in [4.69, 9.17) is 48.7 Å². The number of ketones is 1. The molecule has 3 unspecified atom stereocenters. The Morgan fingerprint density at radius 3 is 1.86 bits per heavy atom. The number of amides is 7. The number of aromatic amines is 2. The van der Waals surface area contributed by atoms with Gasteiger partial charge in [0.15, 0.2) is 17.3 Å². The topological polar surface area (TPSA) is 325 Å². The van der Waals surface area contributed by atoms with Crippen LogP contribution in [0, 0.1) is 41.9 Å². The molecule has 83 heavy (non-hydrogen) atoms. The van der Waals surface area contributed by atoms with Crippen molar-refractivity contribution in [2.45, 2.75) is 90.7 Å². The minimum atomic E-state index is -4.98. The van der Waals surface area contributed by atoms with Crippen molar-refractivity contribution in [3.05, 3.63) is 76.6 Å². The van der Waals surface area contributed by atoms with Crippen LogP contribution in [-0.2, 0) is 35.1 Å². The van der Waals surface area contributed by atoms with E-state index in [2.05, 4.69) is 20.6 Å². The van der Waals surface area contributed by atoms with Crippen molar-refractivity contribution in [2.75, 3.05) is 73.7 Å². The number of phosphoric ester groups is 1. The second-order valence-corrected chi connectivity index (χ2v) is 25.3. The number of likely N-dealkylation sites (N-methyl/N-ethyl adjacent to an activating group) is 2. The van der Waals surface area contributed by atoms with Crippen LogP contribution in [0.1, 0.15) is 92.0 Å². The molecule has 10 N–H and O–H groups in total. The van der Waals surface area contributed by atoms with E-state index in [0.717, 1.165) is 27.6 Å². The highest BCUT2D eigenvalue weighted by atomic mass is 35.5. The van der Waals surface area contributed by atoms with Crippen molar-refractivity contribution in [2.24, 2.45) is 39.5 Å². The third-order valence-electron chi connectivity index (χ3n) is 17.9. The number of carbonyl (C=O) groups is 7. The minimum absolute atomic E-state index is 0.0618. The van der Waals surface area contributed by atoms with Crippen molar-refractivity contribution in [1.29, 1.82) is 0 Å². The highest BCUT2D eigenvalue weighted by Crippen LogP contribution is 3.01. The van der Waals surface area contributed by atoms with E-state index >= 15 is 4.79 Å². The first kappa shape index (κ1) is 59.3. The number of aromatic nitrogens is 2. The number of fused-ring (bicyclic) bond motifs is 6. The number of ether oxygens (including phenoxy) is 2. The number of nitrogens with one attached hydrogen (secondary N) is 4. The average molecular weight is 1200 g/mol. The number of Topliss-reactive ketones (excluding diaryl/α,β-unsaturated/α-hetero) is 1. The molecule has 7 atom stereocenters. The number of urea groups is 1. The summed E-state index contributed by atoms with van der Waals surface area (Å²) in [6.07, 6.45) is 4.15. The smallest absolute Gasteiger partial charge is 0.445 e. The van der Waals surface area contributed by atoms with Crippen molar-refractivity contribution in [3.8, 4) is 11.5 Å². The summed E-state index contributed by atoms with van der Waals surface area (Å²) in [6.45, 7) is 8.27. The van der Waals surface area contributed by atoms with Crippen LogP contribution in [0.5, 0.6) is 11.5 Å². The zero-order valence-corrected chi connectivity index (χ0v) is 49.3. The lowest BCUT2D eigenvalue weighted by Crippen LogP contribution is -2.49. The SMILES string of the molecule is Cc1c[nH]c2c(OC(=O)N(C)CCN(C)C(=O)OCc3ccc(NC(=O)[C@H](CCCNC(N)=O)CC(=O)[C@@H](N)C(C)C)cc3)cc3c(c12)[C@H](CCl)CN3C(=O)C12CC3(C(=O)N4C[C@@H](CCl)c5c4cc(OP(=O)(O)O)c4[nH]cc(C)c54)CC13C2. The zero-order valence-electron chi connectivity index (χ0n) is 46.9. The summed E-state index contributed by atoms with van der Waals surface area (Å²) in [5.41, 5.74) is 15.5. The van der Waals surface area contributed by atoms with Crippen LogP contribution in [0.3, 0.4) is 0 Å². The predicted molar refractivity (Wildman–Crippen MR) is 311 cm³/mol. The van der Waals surface area contributed by atoms with Gasteiger partial charge >= 0.3 is 26.0 Å². The van der Waals surface area contributed by atoms with Gasteiger partial charge in [-0.2, -0.15) is 0 Å². The Morgan fingerprint density at radius 1 is 0.819 bits per heavy atom. The van der Waals surface area contributed by atoms with Crippen LogP contribution in [0.25, 0.3) is 21.8 Å². The molecule has 0 radical (unpaired) electrons. The Kier molecular flexibility index (Phi) is 15.9. The number of aryl methyl sites for hydroxylation is 2. The van der Waals surface area contributed by atoms with Gasteiger partial charge in [-0.25, -0.2) is 18.9 Å². The number of phosphoric acid groups is 1. The van der Waals surface area contributed by atoms with Crippen molar-refractivity contribution in [1.82, 2.24) is 25.1 Å². The minimum Gasteiger partial charge on any atom is -0.445 e. The van der Waals surface area contributed by atoms with E-state index in [1.807, 2.05) is 27.7 Å². The van der Waals surface area contributed by atoms with Crippen LogP contribution in [0.15, 0.2) is 48.8 Å².